The van der Waals surface area contributed by atoms with Gasteiger partial charge in [-0.1, -0.05) is 6.07 Å². The lowest BCUT2D eigenvalue weighted by Crippen LogP contribution is -2.43. The number of aliphatic hydroxyl groups excluding tert-OH is 1. The van der Waals surface area contributed by atoms with E-state index < -0.39 is 91.5 Å². The SMILES string of the molecule is NC1=CC2=C(O)CC(S(=O)(=O)O)=C(F)C2=CC1(c1ncnc(Nc2cccc(S(=O)(=O)O)c2)n1)S(=O)(=O)O. The quantitative estimate of drug-likeness (QED) is 0.257. The second-order valence-electron chi connectivity index (χ2n) is 7.88. The van der Waals surface area contributed by atoms with Gasteiger partial charge in [0.1, 0.15) is 22.8 Å². The molecule has 0 fully saturated rings. The number of allylic oxidation sites excluding steroid dienone is 5. The molecule has 1 heterocycles. The zero-order valence-electron chi connectivity index (χ0n) is 18.5. The smallest absolute Gasteiger partial charge is 0.294 e. The van der Waals surface area contributed by atoms with E-state index in [0.29, 0.717) is 6.08 Å². The third-order valence-electron chi connectivity index (χ3n) is 5.50. The first-order chi connectivity index (χ1) is 17.4. The number of hydrogen-bond acceptors (Lipinski definition) is 12. The van der Waals surface area contributed by atoms with Gasteiger partial charge in [0.25, 0.3) is 30.4 Å². The van der Waals surface area contributed by atoms with E-state index in [0.717, 1.165) is 24.5 Å². The Labute approximate surface area is 214 Å². The molecule has 0 bridgehead atoms. The van der Waals surface area contributed by atoms with E-state index in [1.807, 2.05) is 0 Å². The molecular formula is C19H16FN5O10S3. The van der Waals surface area contributed by atoms with Crippen LogP contribution in [0, 0.1) is 0 Å². The van der Waals surface area contributed by atoms with Crippen molar-refractivity contribution in [3.05, 3.63) is 81.9 Å². The van der Waals surface area contributed by atoms with E-state index in [2.05, 4.69) is 20.3 Å². The average molecular weight is 590 g/mol. The fourth-order valence-corrected chi connectivity index (χ4v) is 5.87. The molecule has 202 valence electrons. The van der Waals surface area contributed by atoms with Gasteiger partial charge in [-0.2, -0.15) is 30.2 Å². The van der Waals surface area contributed by atoms with Crippen LogP contribution in [0.4, 0.5) is 16.0 Å². The van der Waals surface area contributed by atoms with Crippen LogP contribution in [-0.2, 0) is 35.1 Å². The molecule has 4 rings (SSSR count). The minimum atomic E-state index is -5.42. The number of nitrogens with one attached hydrogen (secondary N) is 1. The highest BCUT2D eigenvalue weighted by molar-refractivity contribution is 7.89. The molecular weight excluding hydrogens is 573 g/mol. The lowest BCUT2D eigenvalue weighted by Gasteiger charge is -2.32. The molecule has 0 spiro atoms. The van der Waals surface area contributed by atoms with E-state index in [4.69, 9.17) is 5.73 Å². The van der Waals surface area contributed by atoms with Crippen LogP contribution in [0.25, 0.3) is 0 Å². The molecule has 0 saturated heterocycles. The third-order valence-corrected chi connectivity index (χ3v) is 8.64. The minimum absolute atomic E-state index is 0.0119. The zero-order valence-corrected chi connectivity index (χ0v) is 21.0. The first kappa shape index (κ1) is 27.3. The zero-order chi connectivity index (χ0) is 28.3. The van der Waals surface area contributed by atoms with Crippen molar-refractivity contribution in [2.24, 2.45) is 5.73 Å². The number of halogens is 1. The van der Waals surface area contributed by atoms with Crippen LogP contribution in [0.5, 0.6) is 0 Å². The van der Waals surface area contributed by atoms with Gasteiger partial charge in [-0.3, -0.25) is 13.7 Å². The van der Waals surface area contributed by atoms with E-state index >= 15 is 4.39 Å². The van der Waals surface area contributed by atoms with Gasteiger partial charge >= 0.3 is 0 Å². The Morgan fingerprint density at radius 1 is 1.03 bits per heavy atom. The summed E-state index contributed by atoms with van der Waals surface area (Å²) in [5, 5.41) is 12.8. The van der Waals surface area contributed by atoms with E-state index in [1.165, 1.54) is 12.1 Å². The predicted octanol–water partition coefficient (Wildman–Crippen LogP) is 1.01. The molecule has 38 heavy (non-hydrogen) atoms. The molecule has 15 nitrogen and oxygen atoms in total. The molecule has 7 N–H and O–H groups in total. The molecule has 0 radical (unpaired) electrons. The highest BCUT2D eigenvalue weighted by atomic mass is 32.2. The summed E-state index contributed by atoms with van der Waals surface area (Å²) in [6, 6.07) is 4.67. The topological polar surface area (TPSA) is 260 Å². The number of aliphatic hydroxyl groups is 1. The average Bonchev–Trinajstić information content (AvgIpc) is 2.79. The fourth-order valence-electron chi connectivity index (χ4n) is 3.74. The maximum absolute atomic E-state index is 15.2. The Balaban J connectivity index is 1.91. The van der Waals surface area contributed by atoms with Crippen molar-refractivity contribution in [1.82, 2.24) is 15.0 Å². The summed E-state index contributed by atoms with van der Waals surface area (Å²) in [7, 11) is -15.2. The molecule has 2 aromatic rings. The van der Waals surface area contributed by atoms with Crippen LogP contribution in [0.1, 0.15) is 12.2 Å². The summed E-state index contributed by atoms with van der Waals surface area (Å²) >= 11 is 0. The van der Waals surface area contributed by atoms with Crippen molar-refractivity contribution in [3.8, 4) is 0 Å². The van der Waals surface area contributed by atoms with Crippen LogP contribution >= 0.6 is 0 Å². The summed E-state index contributed by atoms with van der Waals surface area (Å²) in [6.07, 6.45) is 1.06. The lowest BCUT2D eigenvalue weighted by atomic mass is 9.85. The Hall–Kier alpha value is -3.75. The summed E-state index contributed by atoms with van der Waals surface area (Å²) < 4.78 is 112. The molecule has 1 aromatic carbocycles. The lowest BCUT2D eigenvalue weighted by molar-refractivity contribution is 0.386. The van der Waals surface area contributed by atoms with Crippen LogP contribution in [0.2, 0.25) is 0 Å². The summed E-state index contributed by atoms with van der Waals surface area (Å²) in [5.74, 6) is -3.62. The third kappa shape index (κ3) is 4.66. The van der Waals surface area contributed by atoms with Crippen molar-refractivity contribution >= 4 is 42.0 Å². The second-order valence-corrected chi connectivity index (χ2v) is 12.3. The summed E-state index contributed by atoms with van der Waals surface area (Å²) in [5.41, 5.74) is 3.98. The van der Waals surface area contributed by atoms with Crippen LogP contribution in [0.3, 0.4) is 0 Å². The molecule has 1 aromatic heterocycles. The van der Waals surface area contributed by atoms with Gasteiger partial charge < -0.3 is 16.2 Å². The van der Waals surface area contributed by atoms with Crippen molar-refractivity contribution < 1.29 is 48.4 Å². The van der Waals surface area contributed by atoms with Crippen LogP contribution in [-0.4, -0.2) is 59.0 Å². The fraction of sp³-hybridized carbons (Fsp3) is 0.105. The monoisotopic (exact) mass is 589 g/mol. The number of fused-ring (bicyclic) bond motifs is 1. The van der Waals surface area contributed by atoms with Gasteiger partial charge in [0, 0.05) is 29.0 Å². The maximum Gasteiger partial charge on any atom is 0.294 e. The first-order valence-corrected chi connectivity index (χ1v) is 14.3. The highest BCUT2D eigenvalue weighted by Gasteiger charge is 2.52. The molecule has 0 saturated carbocycles. The predicted molar refractivity (Wildman–Crippen MR) is 127 cm³/mol. The van der Waals surface area contributed by atoms with E-state index in [9.17, 15) is 44.0 Å². The van der Waals surface area contributed by atoms with Crippen molar-refractivity contribution in [1.29, 1.82) is 0 Å². The molecule has 1 atom stereocenters. The minimum Gasteiger partial charge on any atom is -0.511 e. The first-order valence-electron chi connectivity index (χ1n) is 9.96. The number of nitrogens with zero attached hydrogens (tertiary/aromatic N) is 3. The van der Waals surface area contributed by atoms with E-state index in [1.54, 1.807) is 0 Å². The largest absolute Gasteiger partial charge is 0.511 e. The number of nitrogens with two attached hydrogens (primary N) is 1. The van der Waals surface area contributed by atoms with Gasteiger partial charge in [-0.05, 0) is 30.4 Å². The van der Waals surface area contributed by atoms with Crippen molar-refractivity contribution in [2.45, 2.75) is 16.1 Å². The number of benzene rings is 1. The van der Waals surface area contributed by atoms with Gasteiger partial charge in [-0.15, -0.1) is 0 Å². The molecule has 0 amide bonds. The molecule has 2 aliphatic rings. The van der Waals surface area contributed by atoms with Crippen LogP contribution in [0.15, 0.2) is 81.0 Å². The molecule has 1 unspecified atom stereocenters. The standard InChI is InChI=1S/C19H16FN5O10S3/c20-16-12-7-19(38(33,34)35,15(21)5-11(12)13(26)6-14(16)37(30,31)32)17-22-8-23-18(25-17)24-9-2-1-3-10(4-9)36(27,28)29/h1-5,7-8,26H,6,21H2,(H,27,28,29)(H,30,31,32)(H,33,34,35)(H,22,23,24,25). The maximum atomic E-state index is 15.2. The Bertz CT molecular complexity index is 1830. The van der Waals surface area contributed by atoms with Crippen LogP contribution < -0.4 is 11.1 Å². The highest BCUT2D eigenvalue weighted by Crippen LogP contribution is 2.47. The normalized spacial score (nSPS) is 20.5. The Morgan fingerprint density at radius 2 is 1.71 bits per heavy atom. The summed E-state index contributed by atoms with van der Waals surface area (Å²) in [6.45, 7) is 0. The number of hydrogen-bond donors (Lipinski definition) is 6. The van der Waals surface area contributed by atoms with E-state index in [-0.39, 0.29) is 5.69 Å². The molecule has 19 heteroatoms. The van der Waals surface area contributed by atoms with Gasteiger partial charge in [0.2, 0.25) is 10.7 Å². The Morgan fingerprint density at radius 3 is 2.32 bits per heavy atom. The Kier molecular flexibility index (Phi) is 6.41. The summed E-state index contributed by atoms with van der Waals surface area (Å²) in [4.78, 5) is 9.60. The van der Waals surface area contributed by atoms with Crippen molar-refractivity contribution in [2.75, 3.05) is 5.32 Å². The molecule has 0 aliphatic heterocycles. The number of rotatable bonds is 6. The van der Waals surface area contributed by atoms with Gasteiger partial charge in [0.05, 0.1) is 4.90 Å². The molecule has 2 aliphatic carbocycles. The number of aromatic nitrogens is 3. The van der Waals surface area contributed by atoms with Crippen molar-refractivity contribution in [3.63, 3.8) is 0 Å². The second kappa shape index (κ2) is 8.92. The van der Waals surface area contributed by atoms with Gasteiger partial charge in [0.15, 0.2) is 5.82 Å². The number of anilines is 2. The van der Waals surface area contributed by atoms with Gasteiger partial charge in [-0.25, -0.2) is 14.4 Å².